The van der Waals surface area contributed by atoms with Gasteiger partial charge >= 0.3 is 0 Å². The summed E-state index contributed by atoms with van der Waals surface area (Å²) in [4.78, 5) is 0. The Balaban J connectivity index is 2.09. The van der Waals surface area contributed by atoms with Crippen molar-refractivity contribution >= 4 is 15.9 Å². The molecule has 0 aliphatic rings. The fourth-order valence-corrected chi connectivity index (χ4v) is 1.75. The zero-order valence-corrected chi connectivity index (χ0v) is 10.6. The molecule has 2 nitrogen and oxygen atoms in total. The van der Waals surface area contributed by atoms with Crippen LogP contribution in [0, 0.1) is 0 Å². The molecule has 0 atom stereocenters. The van der Waals surface area contributed by atoms with E-state index < -0.39 is 7.04 Å². The summed E-state index contributed by atoms with van der Waals surface area (Å²) in [6.07, 6.45) is 0. The third kappa shape index (κ3) is 3.24. The Bertz CT molecular complexity index is 570. The molecule has 0 fully saturated rings. The number of ether oxygens (including phenoxy) is 2. The van der Waals surface area contributed by atoms with Crippen molar-refractivity contribution in [2.24, 2.45) is 0 Å². The average Bonchev–Trinajstić information content (AvgIpc) is 2.39. The Morgan fingerprint density at radius 2 is 2.00 bits per heavy atom. The molecule has 0 N–H and O–H groups in total. The van der Waals surface area contributed by atoms with Crippen molar-refractivity contribution in [1.29, 1.82) is 0 Å². The molecule has 0 bridgehead atoms. The summed E-state index contributed by atoms with van der Waals surface area (Å²) < 4.78 is 32.5. The quantitative estimate of drug-likeness (QED) is 0.848. The molecule has 2 aromatic rings. The molecule has 0 spiro atoms. The Morgan fingerprint density at radius 3 is 2.76 bits per heavy atom. The van der Waals surface area contributed by atoms with Crippen molar-refractivity contribution in [3.05, 3.63) is 58.6 Å². The maximum absolute atomic E-state index is 7.09. The first kappa shape index (κ1) is 8.59. The van der Waals surface area contributed by atoms with Gasteiger partial charge in [0.25, 0.3) is 0 Å². The van der Waals surface area contributed by atoms with Gasteiger partial charge in [-0.05, 0) is 33.6 Å². The normalized spacial score (nSPS) is 13.4. The van der Waals surface area contributed by atoms with E-state index in [9.17, 15) is 0 Å². The number of methoxy groups -OCH3 is 1. The summed E-state index contributed by atoms with van der Waals surface area (Å²) in [5.41, 5.74) is 1.03. The summed E-state index contributed by atoms with van der Waals surface area (Å²) in [5, 5.41) is 0. The standard InChI is InChI=1S/C14H13BrO2/c1-16-12-7-8-13(15)14(9-12)17-10-11-5-3-2-4-6-11/h2-9H,10H2,1H3/i1D3. The zero-order valence-electron chi connectivity index (χ0n) is 12.0. The van der Waals surface area contributed by atoms with Crippen LogP contribution in [0.1, 0.15) is 9.68 Å². The molecule has 0 aliphatic heterocycles. The minimum atomic E-state index is -2.47. The van der Waals surface area contributed by atoms with E-state index >= 15 is 0 Å². The Hall–Kier alpha value is -1.48. The van der Waals surface area contributed by atoms with Gasteiger partial charge in [0.1, 0.15) is 18.1 Å². The molecule has 2 rings (SSSR count). The predicted octanol–water partition coefficient (Wildman–Crippen LogP) is 4.04. The summed E-state index contributed by atoms with van der Waals surface area (Å²) in [6, 6.07) is 14.5. The van der Waals surface area contributed by atoms with Crippen LogP contribution in [-0.4, -0.2) is 7.04 Å². The van der Waals surface area contributed by atoms with Crippen LogP contribution in [0.15, 0.2) is 53.0 Å². The molecule has 0 saturated heterocycles. The zero-order chi connectivity index (χ0) is 14.6. The maximum Gasteiger partial charge on any atom is 0.137 e. The van der Waals surface area contributed by atoms with Crippen molar-refractivity contribution < 1.29 is 13.6 Å². The van der Waals surface area contributed by atoms with Gasteiger partial charge in [-0.15, -0.1) is 0 Å². The molecule has 0 radical (unpaired) electrons. The van der Waals surface area contributed by atoms with Crippen LogP contribution in [-0.2, 0) is 6.61 Å². The molecule has 0 heterocycles. The van der Waals surface area contributed by atoms with Crippen molar-refractivity contribution in [3.8, 4) is 11.5 Å². The molecular weight excluding hydrogens is 280 g/mol. The van der Waals surface area contributed by atoms with E-state index in [1.807, 2.05) is 30.3 Å². The Kier molecular flexibility index (Phi) is 2.90. The molecule has 0 aromatic heterocycles. The van der Waals surface area contributed by atoms with E-state index in [0.29, 0.717) is 12.4 Å². The summed E-state index contributed by atoms with van der Waals surface area (Å²) in [6.45, 7) is 0.399. The lowest BCUT2D eigenvalue weighted by Gasteiger charge is -2.09. The molecule has 0 amide bonds. The van der Waals surface area contributed by atoms with Crippen LogP contribution in [0.4, 0.5) is 0 Å². The second kappa shape index (κ2) is 5.73. The third-order valence-electron chi connectivity index (χ3n) is 2.26. The summed E-state index contributed by atoms with van der Waals surface area (Å²) in [5.74, 6) is 0.784. The number of hydrogen-bond donors (Lipinski definition) is 0. The number of benzene rings is 2. The largest absolute Gasteiger partial charge is 0.497 e. The molecule has 3 heteroatoms. The fourth-order valence-electron chi connectivity index (χ4n) is 1.39. The summed E-state index contributed by atoms with van der Waals surface area (Å²) in [7, 11) is -2.47. The van der Waals surface area contributed by atoms with Gasteiger partial charge in [0.15, 0.2) is 0 Å². The van der Waals surface area contributed by atoms with Gasteiger partial charge in [-0.1, -0.05) is 30.3 Å². The maximum atomic E-state index is 7.09. The first-order valence-corrected chi connectivity index (χ1v) is 5.89. The molecule has 17 heavy (non-hydrogen) atoms. The third-order valence-corrected chi connectivity index (χ3v) is 2.91. The highest BCUT2D eigenvalue weighted by molar-refractivity contribution is 9.10. The molecule has 2 aromatic carbocycles. The number of hydrogen-bond acceptors (Lipinski definition) is 2. The molecule has 88 valence electrons. The van der Waals surface area contributed by atoms with Gasteiger partial charge < -0.3 is 9.47 Å². The van der Waals surface area contributed by atoms with Crippen LogP contribution in [0.5, 0.6) is 11.5 Å². The van der Waals surface area contributed by atoms with E-state index in [1.54, 1.807) is 18.2 Å². The second-order valence-electron chi connectivity index (χ2n) is 3.47. The minimum Gasteiger partial charge on any atom is -0.497 e. The Morgan fingerprint density at radius 1 is 1.18 bits per heavy atom. The van der Waals surface area contributed by atoms with Gasteiger partial charge in [-0.2, -0.15) is 0 Å². The van der Waals surface area contributed by atoms with Crippen LogP contribution in [0.2, 0.25) is 0 Å². The smallest absolute Gasteiger partial charge is 0.137 e. The second-order valence-corrected chi connectivity index (χ2v) is 4.32. The van der Waals surface area contributed by atoms with Gasteiger partial charge in [-0.3, -0.25) is 0 Å². The predicted molar refractivity (Wildman–Crippen MR) is 71.5 cm³/mol. The van der Waals surface area contributed by atoms with Crippen LogP contribution in [0.25, 0.3) is 0 Å². The van der Waals surface area contributed by atoms with E-state index in [-0.39, 0.29) is 5.75 Å². The van der Waals surface area contributed by atoms with Gasteiger partial charge in [0, 0.05) is 6.07 Å². The summed E-state index contributed by atoms with van der Waals surface area (Å²) >= 11 is 3.36. The fraction of sp³-hybridized carbons (Fsp3) is 0.143. The lowest BCUT2D eigenvalue weighted by molar-refractivity contribution is 0.301. The van der Waals surface area contributed by atoms with Crippen LogP contribution >= 0.6 is 15.9 Å². The van der Waals surface area contributed by atoms with Crippen molar-refractivity contribution in [3.63, 3.8) is 0 Å². The lowest BCUT2D eigenvalue weighted by Crippen LogP contribution is -1.96. The topological polar surface area (TPSA) is 18.5 Å². The van der Waals surface area contributed by atoms with E-state index in [2.05, 4.69) is 15.9 Å². The van der Waals surface area contributed by atoms with Crippen LogP contribution < -0.4 is 9.47 Å². The van der Waals surface area contributed by atoms with E-state index in [1.165, 1.54) is 0 Å². The monoisotopic (exact) mass is 295 g/mol. The SMILES string of the molecule is [2H]C([2H])([2H])Oc1ccc(Br)c(OCc2ccccc2)c1. The first-order valence-electron chi connectivity index (χ1n) is 6.59. The van der Waals surface area contributed by atoms with Crippen molar-refractivity contribution in [2.75, 3.05) is 7.04 Å². The van der Waals surface area contributed by atoms with Crippen molar-refractivity contribution in [2.45, 2.75) is 6.61 Å². The van der Waals surface area contributed by atoms with Crippen LogP contribution in [0.3, 0.4) is 0 Å². The lowest BCUT2D eigenvalue weighted by atomic mass is 10.2. The van der Waals surface area contributed by atoms with Gasteiger partial charge in [0.2, 0.25) is 0 Å². The molecular formula is C14H13BrO2. The molecule has 0 saturated carbocycles. The van der Waals surface area contributed by atoms with Gasteiger partial charge in [0.05, 0.1) is 15.6 Å². The molecule has 0 aliphatic carbocycles. The highest BCUT2D eigenvalue weighted by atomic mass is 79.9. The average molecular weight is 296 g/mol. The Labute approximate surface area is 114 Å². The first-order chi connectivity index (χ1) is 9.44. The number of halogens is 1. The van der Waals surface area contributed by atoms with E-state index in [4.69, 9.17) is 13.6 Å². The van der Waals surface area contributed by atoms with E-state index in [0.717, 1.165) is 10.0 Å². The van der Waals surface area contributed by atoms with Gasteiger partial charge in [-0.25, -0.2) is 0 Å². The molecule has 0 unspecified atom stereocenters. The number of rotatable bonds is 4. The highest BCUT2D eigenvalue weighted by Crippen LogP contribution is 2.29. The minimum absolute atomic E-state index is 0.247. The highest BCUT2D eigenvalue weighted by Gasteiger charge is 2.03. The van der Waals surface area contributed by atoms with Crippen molar-refractivity contribution in [1.82, 2.24) is 0 Å².